The monoisotopic (exact) mass is 278 g/mol. The lowest BCUT2D eigenvalue weighted by Gasteiger charge is -2.27. The summed E-state index contributed by atoms with van der Waals surface area (Å²) in [6.07, 6.45) is 10.8. The minimum absolute atomic E-state index is 0.124. The Bertz CT molecular complexity index is 435. The molecule has 0 bridgehead atoms. The quantitative estimate of drug-likeness (QED) is 0.857. The van der Waals surface area contributed by atoms with Gasteiger partial charge in [0, 0.05) is 18.5 Å². The molecule has 5 heteroatoms. The van der Waals surface area contributed by atoms with E-state index in [0.717, 1.165) is 37.5 Å². The molecule has 0 spiro atoms. The van der Waals surface area contributed by atoms with Crippen molar-refractivity contribution in [1.82, 2.24) is 14.8 Å². The third-order valence-corrected chi connectivity index (χ3v) is 4.66. The largest absolute Gasteiger partial charge is 0.372 e. The standard InChI is InChI=1S/C15H26N4O/c16-15(8-4-1-2-5-9-15)12-20-11-14-18-17-13-7-3-6-10-19(13)14/h1-12,16H2. The third kappa shape index (κ3) is 3.20. The Morgan fingerprint density at radius 2 is 1.85 bits per heavy atom. The molecule has 1 saturated carbocycles. The van der Waals surface area contributed by atoms with E-state index in [0.29, 0.717) is 13.2 Å². The van der Waals surface area contributed by atoms with E-state index in [1.165, 1.54) is 38.5 Å². The number of hydrogen-bond donors (Lipinski definition) is 1. The van der Waals surface area contributed by atoms with Gasteiger partial charge in [-0.25, -0.2) is 0 Å². The van der Waals surface area contributed by atoms with E-state index >= 15 is 0 Å². The van der Waals surface area contributed by atoms with Crippen LogP contribution < -0.4 is 5.73 Å². The lowest BCUT2D eigenvalue weighted by atomic mass is 9.93. The number of rotatable bonds is 4. The molecule has 0 atom stereocenters. The molecule has 1 aromatic heterocycles. The molecule has 0 amide bonds. The Balaban J connectivity index is 1.53. The average molecular weight is 278 g/mol. The summed E-state index contributed by atoms with van der Waals surface area (Å²) in [5, 5.41) is 8.53. The van der Waals surface area contributed by atoms with Crippen molar-refractivity contribution in [3.05, 3.63) is 11.6 Å². The number of nitrogens with two attached hydrogens (primary N) is 1. The molecule has 1 aliphatic heterocycles. The van der Waals surface area contributed by atoms with Gasteiger partial charge in [0.05, 0.1) is 6.61 Å². The maximum atomic E-state index is 6.47. The molecule has 0 aromatic carbocycles. The highest BCUT2D eigenvalue weighted by atomic mass is 16.5. The number of aryl methyl sites for hydroxylation is 1. The second kappa shape index (κ2) is 6.22. The highest BCUT2D eigenvalue weighted by Crippen LogP contribution is 2.25. The first kappa shape index (κ1) is 14.0. The van der Waals surface area contributed by atoms with Gasteiger partial charge in [-0.2, -0.15) is 0 Å². The first-order valence-corrected chi connectivity index (χ1v) is 8.04. The molecule has 0 unspecified atom stereocenters. The molecule has 1 aromatic rings. The summed E-state index contributed by atoms with van der Waals surface area (Å²) in [6, 6.07) is 0. The van der Waals surface area contributed by atoms with E-state index in [1.807, 2.05) is 0 Å². The molecule has 3 rings (SSSR count). The normalized spacial score (nSPS) is 22.2. The molecule has 2 aliphatic rings. The van der Waals surface area contributed by atoms with Gasteiger partial charge >= 0.3 is 0 Å². The summed E-state index contributed by atoms with van der Waals surface area (Å²) in [4.78, 5) is 0. The number of fused-ring (bicyclic) bond motifs is 1. The molecule has 0 radical (unpaired) electrons. The predicted molar refractivity (Wildman–Crippen MR) is 77.2 cm³/mol. The van der Waals surface area contributed by atoms with E-state index in [4.69, 9.17) is 10.5 Å². The second-order valence-electron chi connectivity index (χ2n) is 6.41. The Kier molecular flexibility index (Phi) is 4.36. The highest BCUT2D eigenvalue weighted by Gasteiger charge is 2.26. The molecule has 112 valence electrons. The maximum absolute atomic E-state index is 6.47. The minimum atomic E-state index is -0.124. The molecule has 2 heterocycles. The van der Waals surface area contributed by atoms with E-state index in [1.54, 1.807) is 0 Å². The van der Waals surface area contributed by atoms with E-state index < -0.39 is 0 Å². The van der Waals surface area contributed by atoms with Crippen LogP contribution in [0.5, 0.6) is 0 Å². The summed E-state index contributed by atoms with van der Waals surface area (Å²) in [5.74, 6) is 2.09. The fourth-order valence-electron chi connectivity index (χ4n) is 3.40. The van der Waals surface area contributed by atoms with Crippen LogP contribution in [0.3, 0.4) is 0 Å². The Morgan fingerprint density at radius 1 is 1.05 bits per heavy atom. The van der Waals surface area contributed by atoms with Crippen molar-refractivity contribution in [1.29, 1.82) is 0 Å². The minimum Gasteiger partial charge on any atom is -0.372 e. The van der Waals surface area contributed by atoms with Crippen molar-refractivity contribution in [2.24, 2.45) is 5.73 Å². The van der Waals surface area contributed by atoms with Crippen LogP contribution >= 0.6 is 0 Å². The van der Waals surface area contributed by atoms with Crippen molar-refractivity contribution in [3.8, 4) is 0 Å². The maximum Gasteiger partial charge on any atom is 0.159 e. The first-order chi connectivity index (χ1) is 9.77. The smallest absolute Gasteiger partial charge is 0.159 e. The summed E-state index contributed by atoms with van der Waals surface area (Å²) in [6.45, 7) is 2.23. The van der Waals surface area contributed by atoms with Gasteiger partial charge in [-0.1, -0.05) is 25.7 Å². The van der Waals surface area contributed by atoms with Crippen LogP contribution in [-0.2, 0) is 24.3 Å². The van der Waals surface area contributed by atoms with Crippen LogP contribution in [0.15, 0.2) is 0 Å². The molecular formula is C15H26N4O. The van der Waals surface area contributed by atoms with E-state index in [-0.39, 0.29) is 5.54 Å². The molecule has 1 aliphatic carbocycles. The lowest BCUT2D eigenvalue weighted by molar-refractivity contribution is 0.0609. The summed E-state index contributed by atoms with van der Waals surface area (Å²) in [7, 11) is 0. The van der Waals surface area contributed by atoms with Crippen molar-refractivity contribution >= 4 is 0 Å². The van der Waals surface area contributed by atoms with Gasteiger partial charge in [-0.3, -0.25) is 0 Å². The van der Waals surface area contributed by atoms with Gasteiger partial charge in [0.2, 0.25) is 0 Å². The SMILES string of the molecule is NC1(COCc2nnc3n2CCCC3)CCCCCC1. The average Bonchev–Trinajstić information content (AvgIpc) is 2.74. The summed E-state index contributed by atoms with van der Waals surface area (Å²) in [5.41, 5.74) is 6.34. The predicted octanol–water partition coefficient (Wildman–Crippen LogP) is 2.18. The van der Waals surface area contributed by atoms with Crippen LogP contribution in [0.4, 0.5) is 0 Å². The number of nitrogens with zero attached hydrogens (tertiary/aromatic N) is 3. The number of aromatic nitrogens is 3. The Morgan fingerprint density at radius 3 is 2.65 bits per heavy atom. The van der Waals surface area contributed by atoms with Gasteiger partial charge in [0.15, 0.2) is 5.82 Å². The van der Waals surface area contributed by atoms with E-state index in [2.05, 4.69) is 14.8 Å². The molecule has 20 heavy (non-hydrogen) atoms. The second-order valence-corrected chi connectivity index (χ2v) is 6.41. The first-order valence-electron chi connectivity index (χ1n) is 8.04. The Labute approximate surface area is 120 Å². The van der Waals surface area contributed by atoms with Gasteiger partial charge in [0.1, 0.15) is 12.4 Å². The fraction of sp³-hybridized carbons (Fsp3) is 0.867. The van der Waals surface area contributed by atoms with Crippen LogP contribution in [0, 0.1) is 0 Å². The van der Waals surface area contributed by atoms with Crippen LogP contribution in [-0.4, -0.2) is 26.9 Å². The van der Waals surface area contributed by atoms with Crippen molar-refractivity contribution in [3.63, 3.8) is 0 Å². The molecule has 2 N–H and O–H groups in total. The fourth-order valence-corrected chi connectivity index (χ4v) is 3.40. The topological polar surface area (TPSA) is 66.0 Å². The molecule has 0 saturated heterocycles. The van der Waals surface area contributed by atoms with Gasteiger partial charge in [-0.15, -0.1) is 10.2 Å². The summed E-state index contributed by atoms with van der Waals surface area (Å²) < 4.78 is 8.12. The van der Waals surface area contributed by atoms with Gasteiger partial charge in [0.25, 0.3) is 0 Å². The zero-order valence-corrected chi connectivity index (χ0v) is 12.3. The third-order valence-electron chi connectivity index (χ3n) is 4.66. The van der Waals surface area contributed by atoms with Gasteiger partial charge < -0.3 is 15.0 Å². The van der Waals surface area contributed by atoms with Crippen LogP contribution in [0.25, 0.3) is 0 Å². The summed E-state index contributed by atoms with van der Waals surface area (Å²) >= 11 is 0. The van der Waals surface area contributed by atoms with Crippen molar-refractivity contribution < 1.29 is 4.74 Å². The van der Waals surface area contributed by atoms with Crippen LogP contribution in [0.1, 0.15) is 63.0 Å². The zero-order valence-electron chi connectivity index (χ0n) is 12.3. The highest BCUT2D eigenvalue weighted by molar-refractivity contribution is 4.98. The van der Waals surface area contributed by atoms with Gasteiger partial charge in [-0.05, 0) is 25.7 Å². The van der Waals surface area contributed by atoms with Crippen LogP contribution in [0.2, 0.25) is 0 Å². The molecule has 5 nitrogen and oxygen atoms in total. The zero-order chi connectivity index (χ0) is 13.8. The number of hydrogen-bond acceptors (Lipinski definition) is 4. The lowest BCUT2D eigenvalue weighted by Crippen LogP contribution is -2.44. The van der Waals surface area contributed by atoms with Crippen molar-refractivity contribution in [2.75, 3.05) is 6.61 Å². The number of ether oxygens (including phenoxy) is 1. The van der Waals surface area contributed by atoms with E-state index in [9.17, 15) is 0 Å². The molecule has 1 fully saturated rings. The Hall–Kier alpha value is -0.940. The molecular weight excluding hydrogens is 252 g/mol. The van der Waals surface area contributed by atoms with Crippen molar-refractivity contribution in [2.45, 2.75) is 76.5 Å².